The fourth-order valence-electron chi connectivity index (χ4n) is 2.62. The first-order valence-electron chi connectivity index (χ1n) is 6.72. The maximum atomic E-state index is 14.1. The van der Waals surface area contributed by atoms with Gasteiger partial charge in [-0.15, -0.1) is 0 Å². The highest BCUT2D eigenvalue weighted by Crippen LogP contribution is 2.30. The second-order valence-corrected chi connectivity index (χ2v) is 7.47. The van der Waals surface area contributed by atoms with Crippen LogP contribution in [0.5, 0.6) is 0 Å². The van der Waals surface area contributed by atoms with E-state index in [1.165, 1.54) is 12.1 Å². The lowest BCUT2D eigenvalue weighted by molar-refractivity contribution is 0.101. The molecule has 1 saturated heterocycles. The van der Waals surface area contributed by atoms with Crippen molar-refractivity contribution < 1.29 is 17.2 Å². The normalized spacial score (nSPS) is 25.1. The van der Waals surface area contributed by atoms with Gasteiger partial charge in [-0.25, -0.2) is 17.2 Å². The van der Waals surface area contributed by atoms with Crippen molar-refractivity contribution in [3.8, 4) is 0 Å². The van der Waals surface area contributed by atoms with Crippen molar-refractivity contribution in [3.05, 3.63) is 30.1 Å². The van der Waals surface area contributed by atoms with Gasteiger partial charge in [-0.2, -0.15) is 4.31 Å². The number of sulfonamides is 1. The molecule has 6 heteroatoms. The Balaban J connectivity index is 2.18. The number of halogens is 2. The molecule has 112 valence electrons. The molecule has 1 heterocycles. The van der Waals surface area contributed by atoms with E-state index in [1.807, 2.05) is 13.8 Å². The topological polar surface area (TPSA) is 37.4 Å². The minimum atomic E-state index is -3.73. The van der Waals surface area contributed by atoms with Gasteiger partial charge in [0.15, 0.2) is 0 Å². The van der Waals surface area contributed by atoms with Crippen molar-refractivity contribution >= 4 is 10.0 Å². The predicted molar refractivity (Wildman–Crippen MR) is 73.0 cm³/mol. The first-order chi connectivity index (χ1) is 9.32. The number of rotatable bonds is 3. The van der Waals surface area contributed by atoms with Gasteiger partial charge in [0.05, 0.1) is 4.90 Å². The summed E-state index contributed by atoms with van der Waals surface area (Å²) < 4.78 is 52.8. The molecule has 2 atom stereocenters. The minimum Gasteiger partial charge on any atom is -0.246 e. The van der Waals surface area contributed by atoms with Crippen LogP contribution in [0.4, 0.5) is 8.78 Å². The highest BCUT2D eigenvalue weighted by atomic mass is 32.2. The Morgan fingerprint density at radius 3 is 2.35 bits per heavy atom. The zero-order chi connectivity index (χ0) is 14.9. The van der Waals surface area contributed by atoms with E-state index in [2.05, 4.69) is 0 Å². The fourth-order valence-corrected chi connectivity index (χ4v) is 4.08. The van der Waals surface area contributed by atoms with Gasteiger partial charge in [-0.1, -0.05) is 13.8 Å². The maximum absolute atomic E-state index is 14.1. The van der Waals surface area contributed by atoms with Crippen molar-refractivity contribution in [2.75, 3.05) is 13.1 Å². The first-order valence-corrected chi connectivity index (χ1v) is 8.16. The fraction of sp³-hybridized carbons (Fsp3) is 0.571. The Morgan fingerprint density at radius 2 is 1.85 bits per heavy atom. The Labute approximate surface area is 118 Å². The van der Waals surface area contributed by atoms with E-state index < -0.39 is 22.0 Å². The van der Waals surface area contributed by atoms with Crippen LogP contribution < -0.4 is 0 Å². The second-order valence-electron chi connectivity index (χ2n) is 5.53. The van der Waals surface area contributed by atoms with Crippen LogP contribution in [0.1, 0.15) is 20.3 Å². The zero-order valence-corrected chi connectivity index (χ0v) is 12.4. The van der Waals surface area contributed by atoms with Crippen LogP contribution in [0.3, 0.4) is 0 Å². The Bertz CT molecular complexity index is 557. The molecular formula is C14H19F2NO2S. The molecule has 1 aromatic rings. The highest BCUT2D eigenvalue weighted by molar-refractivity contribution is 7.89. The van der Waals surface area contributed by atoms with E-state index in [0.717, 1.165) is 16.4 Å². The largest absolute Gasteiger partial charge is 0.246 e. The molecule has 0 spiro atoms. The molecule has 0 bridgehead atoms. The van der Waals surface area contributed by atoms with E-state index in [4.69, 9.17) is 0 Å². The minimum absolute atomic E-state index is 0.00842. The number of hydrogen-bond acceptors (Lipinski definition) is 2. The molecule has 0 amide bonds. The summed E-state index contributed by atoms with van der Waals surface area (Å²) in [5.74, 6) is -0.402. The van der Waals surface area contributed by atoms with Gasteiger partial charge in [0, 0.05) is 13.1 Å². The molecule has 0 saturated carbocycles. The molecule has 0 aliphatic carbocycles. The zero-order valence-electron chi connectivity index (χ0n) is 11.6. The molecular weight excluding hydrogens is 284 g/mol. The number of benzene rings is 1. The Morgan fingerprint density at radius 1 is 1.25 bits per heavy atom. The molecule has 0 radical (unpaired) electrons. The quantitative estimate of drug-likeness (QED) is 0.861. The highest BCUT2D eigenvalue weighted by Gasteiger charge is 2.36. The average molecular weight is 303 g/mol. The van der Waals surface area contributed by atoms with E-state index in [9.17, 15) is 17.2 Å². The Hall–Kier alpha value is -1.01. The third-order valence-corrected chi connectivity index (χ3v) is 5.74. The van der Waals surface area contributed by atoms with Gasteiger partial charge < -0.3 is 0 Å². The van der Waals surface area contributed by atoms with Crippen LogP contribution >= 0.6 is 0 Å². The van der Waals surface area contributed by atoms with Crippen LogP contribution in [0.2, 0.25) is 0 Å². The molecule has 1 aromatic carbocycles. The third-order valence-electron chi connectivity index (χ3n) is 3.86. The van der Waals surface area contributed by atoms with Gasteiger partial charge in [-0.05, 0) is 42.5 Å². The van der Waals surface area contributed by atoms with Crippen molar-refractivity contribution in [2.45, 2.75) is 31.3 Å². The van der Waals surface area contributed by atoms with Crippen LogP contribution in [-0.2, 0) is 10.0 Å². The van der Waals surface area contributed by atoms with Crippen molar-refractivity contribution in [1.29, 1.82) is 0 Å². The SMILES string of the molecule is CC(C)[C@H]1CCN(S(=O)(=O)c2ccc(F)cc2)C[C@H]1F. The van der Waals surface area contributed by atoms with Gasteiger partial charge in [-0.3, -0.25) is 0 Å². The van der Waals surface area contributed by atoms with Crippen molar-refractivity contribution in [3.63, 3.8) is 0 Å². The molecule has 1 aliphatic rings. The molecule has 0 aromatic heterocycles. The number of piperidine rings is 1. The predicted octanol–water partition coefficient (Wildman–Crippen LogP) is 2.83. The lowest BCUT2D eigenvalue weighted by atomic mass is 9.86. The van der Waals surface area contributed by atoms with Crippen molar-refractivity contribution in [1.82, 2.24) is 4.31 Å². The summed E-state index contributed by atoms with van der Waals surface area (Å²) in [5, 5.41) is 0. The smallest absolute Gasteiger partial charge is 0.243 e. The van der Waals surface area contributed by atoms with Gasteiger partial charge in [0.2, 0.25) is 10.0 Å². The first kappa shape index (κ1) is 15.4. The molecule has 2 rings (SSSR count). The summed E-state index contributed by atoms with van der Waals surface area (Å²) in [7, 11) is -3.73. The summed E-state index contributed by atoms with van der Waals surface area (Å²) in [6, 6.07) is 4.63. The lowest BCUT2D eigenvalue weighted by Gasteiger charge is -2.35. The molecule has 3 nitrogen and oxygen atoms in total. The molecule has 1 aliphatic heterocycles. The molecule has 1 fully saturated rings. The van der Waals surface area contributed by atoms with Crippen LogP contribution in [0, 0.1) is 17.7 Å². The van der Waals surface area contributed by atoms with Crippen molar-refractivity contribution in [2.24, 2.45) is 11.8 Å². The van der Waals surface area contributed by atoms with Crippen LogP contribution in [-0.4, -0.2) is 32.0 Å². The van der Waals surface area contributed by atoms with Crippen LogP contribution in [0.15, 0.2) is 29.2 Å². The van der Waals surface area contributed by atoms with E-state index >= 15 is 0 Å². The lowest BCUT2D eigenvalue weighted by Crippen LogP contribution is -2.46. The monoisotopic (exact) mass is 303 g/mol. The van der Waals surface area contributed by atoms with Gasteiger partial charge >= 0.3 is 0 Å². The van der Waals surface area contributed by atoms with E-state index in [-0.39, 0.29) is 23.3 Å². The summed E-state index contributed by atoms with van der Waals surface area (Å²) >= 11 is 0. The third kappa shape index (κ3) is 3.01. The summed E-state index contributed by atoms with van der Waals surface area (Å²) in [4.78, 5) is 0.00842. The standard InChI is InChI=1S/C14H19F2NO2S/c1-10(2)13-7-8-17(9-14(13)16)20(18,19)12-5-3-11(15)4-6-12/h3-6,10,13-14H,7-9H2,1-2H3/t13-,14-/m1/s1. The Kier molecular flexibility index (Phi) is 4.44. The molecule has 0 unspecified atom stereocenters. The summed E-state index contributed by atoms with van der Waals surface area (Å²) in [6.07, 6.45) is -0.641. The summed E-state index contributed by atoms with van der Waals surface area (Å²) in [6.45, 7) is 4.08. The number of hydrogen-bond donors (Lipinski definition) is 0. The molecule has 20 heavy (non-hydrogen) atoms. The molecule has 0 N–H and O–H groups in total. The number of alkyl halides is 1. The van der Waals surface area contributed by atoms with E-state index in [0.29, 0.717) is 13.0 Å². The second kappa shape index (κ2) is 5.77. The van der Waals surface area contributed by atoms with Gasteiger partial charge in [0.25, 0.3) is 0 Å². The van der Waals surface area contributed by atoms with E-state index in [1.54, 1.807) is 0 Å². The maximum Gasteiger partial charge on any atom is 0.243 e. The summed E-state index contributed by atoms with van der Waals surface area (Å²) in [5.41, 5.74) is 0. The van der Waals surface area contributed by atoms with Gasteiger partial charge in [0.1, 0.15) is 12.0 Å². The average Bonchev–Trinajstić information content (AvgIpc) is 2.38. The number of nitrogens with zero attached hydrogens (tertiary/aromatic N) is 1. The van der Waals surface area contributed by atoms with Crippen LogP contribution in [0.25, 0.3) is 0 Å².